The van der Waals surface area contributed by atoms with Gasteiger partial charge in [0.1, 0.15) is 18.4 Å². The Hall–Kier alpha value is -3.72. The van der Waals surface area contributed by atoms with Crippen molar-refractivity contribution >= 4 is 27.5 Å². The number of rotatable bonds is 11. The first-order chi connectivity index (χ1) is 20.5. The monoisotopic (exact) mass is 607 g/mol. The highest BCUT2D eigenvalue weighted by Gasteiger charge is 2.33. The zero-order valence-corrected chi connectivity index (χ0v) is 26.2. The quantitative estimate of drug-likeness (QED) is 0.277. The second-order valence-electron chi connectivity index (χ2n) is 11.7. The van der Waals surface area contributed by atoms with E-state index in [1.807, 2.05) is 32.9 Å². The molecule has 9 heteroatoms. The summed E-state index contributed by atoms with van der Waals surface area (Å²) in [6.45, 7) is 6.80. The van der Waals surface area contributed by atoms with E-state index in [0.29, 0.717) is 5.69 Å². The number of sulfonamides is 1. The van der Waals surface area contributed by atoms with Gasteiger partial charge >= 0.3 is 0 Å². The highest BCUT2D eigenvalue weighted by Crippen LogP contribution is 2.27. The molecule has 7 nitrogen and oxygen atoms in total. The maximum Gasteiger partial charge on any atom is 0.264 e. The molecular formula is C34H42FN3O4S. The third-order valence-corrected chi connectivity index (χ3v) is 9.94. The molecular weight excluding hydrogens is 565 g/mol. The number of hydrogen-bond acceptors (Lipinski definition) is 4. The molecule has 1 N–H and O–H groups in total. The molecule has 0 aromatic heterocycles. The fraction of sp³-hybridized carbons (Fsp3) is 0.412. The van der Waals surface area contributed by atoms with Gasteiger partial charge in [-0.3, -0.25) is 13.9 Å². The molecule has 0 unspecified atom stereocenters. The molecule has 43 heavy (non-hydrogen) atoms. The molecule has 0 saturated heterocycles. The third-order valence-electron chi connectivity index (χ3n) is 8.15. The fourth-order valence-electron chi connectivity index (χ4n) is 5.35. The second-order valence-corrected chi connectivity index (χ2v) is 13.6. The number of anilines is 1. The van der Waals surface area contributed by atoms with E-state index >= 15 is 0 Å². The number of amides is 2. The predicted octanol–water partition coefficient (Wildman–Crippen LogP) is 6.32. The van der Waals surface area contributed by atoms with Crippen molar-refractivity contribution in [3.63, 3.8) is 0 Å². The van der Waals surface area contributed by atoms with E-state index in [-0.39, 0.29) is 34.9 Å². The maximum absolute atomic E-state index is 14.8. The lowest BCUT2D eigenvalue weighted by Crippen LogP contribution is -2.53. The lowest BCUT2D eigenvalue weighted by atomic mass is 9.95. The van der Waals surface area contributed by atoms with Gasteiger partial charge in [0.05, 0.1) is 10.6 Å². The Kier molecular flexibility index (Phi) is 10.6. The minimum atomic E-state index is -4.17. The summed E-state index contributed by atoms with van der Waals surface area (Å²) < 4.78 is 43.9. The van der Waals surface area contributed by atoms with Crippen LogP contribution in [0.2, 0.25) is 0 Å². The molecule has 0 radical (unpaired) electrons. The number of nitrogens with one attached hydrogen (secondary N) is 1. The summed E-state index contributed by atoms with van der Waals surface area (Å²) in [5, 5.41) is 3.06. The molecule has 1 fully saturated rings. The number of halogens is 1. The van der Waals surface area contributed by atoms with Crippen LogP contribution in [-0.4, -0.2) is 43.8 Å². The highest BCUT2D eigenvalue weighted by atomic mass is 32.2. The summed E-state index contributed by atoms with van der Waals surface area (Å²) in [6.07, 6.45) is 4.92. The lowest BCUT2D eigenvalue weighted by Gasteiger charge is -2.33. The summed E-state index contributed by atoms with van der Waals surface area (Å²) in [5.41, 5.74) is 2.49. The van der Waals surface area contributed by atoms with Crippen LogP contribution < -0.4 is 9.62 Å². The number of aryl methyl sites for hydroxylation is 1. The van der Waals surface area contributed by atoms with Crippen molar-refractivity contribution in [2.45, 2.75) is 89.2 Å². The number of carbonyl (C=O) groups excluding carboxylic acids is 2. The maximum atomic E-state index is 14.8. The van der Waals surface area contributed by atoms with Crippen LogP contribution in [0.3, 0.4) is 0 Å². The molecule has 1 aliphatic rings. The Morgan fingerprint density at radius 1 is 0.907 bits per heavy atom. The molecule has 0 aliphatic heterocycles. The summed E-state index contributed by atoms with van der Waals surface area (Å²) in [4.78, 5) is 28.8. The molecule has 1 aliphatic carbocycles. The van der Waals surface area contributed by atoms with Gasteiger partial charge in [-0.15, -0.1) is 0 Å². The molecule has 2 amide bonds. The Bertz CT molecular complexity index is 1500. The molecule has 3 aromatic carbocycles. The van der Waals surface area contributed by atoms with Crippen LogP contribution in [0.1, 0.15) is 75.5 Å². The first kappa shape index (κ1) is 32.2. The molecule has 1 saturated carbocycles. The zero-order valence-electron chi connectivity index (χ0n) is 25.4. The van der Waals surface area contributed by atoms with Gasteiger partial charge in [-0.25, -0.2) is 12.8 Å². The van der Waals surface area contributed by atoms with Crippen LogP contribution in [-0.2, 0) is 26.2 Å². The van der Waals surface area contributed by atoms with Gasteiger partial charge in [0, 0.05) is 18.2 Å². The largest absolute Gasteiger partial charge is 0.352 e. The Balaban J connectivity index is 1.69. The topological polar surface area (TPSA) is 86.8 Å². The summed E-state index contributed by atoms with van der Waals surface area (Å²) >= 11 is 0. The highest BCUT2D eigenvalue weighted by molar-refractivity contribution is 7.92. The number of nitrogens with zero attached hydrogens (tertiary/aromatic N) is 2. The summed E-state index contributed by atoms with van der Waals surface area (Å²) in [5.74, 6) is -1.23. The van der Waals surface area contributed by atoms with Gasteiger partial charge in [-0.2, -0.15) is 0 Å². The van der Waals surface area contributed by atoms with Gasteiger partial charge in [-0.1, -0.05) is 81.1 Å². The van der Waals surface area contributed by atoms with Gasteiger partial charge in [0.2, 0.25) is 11.8 Å². The van der Waals surface area contributed by atoms with Gasteiger partial charge < -0.3 is 10.2 Å². The smallest absolute Gasteiger partial charge is 0.264 e. The molecule has 0 bridgehead atoms. The molecule has 230 valence electrons. The molecule has 3 aromatic rings. The van der Waals surface area contributed by atoms with Crippen molar-refractivity contribution in [3.05, 3.63) is 95.3 Å². The van der Waals surface area contributed by atoms with Gasteiger partial charge in [0.15, 0.2) is 0 Å². The van der Waals surface area contributed by atoms with Crippen molar-refractivity contribution in [2.24, 2.45) is 0 Å². The van der Waals surface area contributed by atoms with Crippen LogP contribution >= 0.6 is 0 Å². The first-order valence-electron chi connectivity index (χ1n) is 15.0. The SMILES string of the molecule is Cc1ccc(S(=O)(=O)N(CC(=O)N(Cc2ccccc2F)[C@@H](C)C(=O)NC2CCCCC2)c2ccc(C(C)C)cc2)cc1. The van der Waals surface area contributed by atoms with Crippen LogP contribution in [0.25, 0.3) is 0 Å². The summed E-state index contributed by atoms with van der Waals surface area (Å²) in [7, 11) is -4.17. The standard InChI is InChI=1S/C34H42FN3O4S/c1-24(2)27-16-18-30(19-17-27)38(43(41,42)31-20-14-25(3)15-21-31)23-33(39)37(22-28-10-8-9-13-32(28)35)26(4)34(40)36-29-11-6-5-7-12-29/h8-10,13-21,24,26,29H,5-7,11-12,22-23H2,1-4H3,(H,36,40)/t26-/m0/s1. The van der Waals surface area contributed by atoms with Crippen molar-refractivity contribution in [1.82, 2.24) is 10.2 Å². The van der Waals surface area contributed by atoms with Crippen LogP contribution in [0, 0.1) is 12.7 Å². The van der Waals surface area contributed by atoms with E-state index in [0.717, 1.165) is 47.5 Å². The van der Waals surface area contributed by atoms with E-state index < -0.39 is 34.3 Å². The van der Waals surface area contributed by atoms with E-state index in [1.165, 1.54) is 23.1 Å². The average molecular weight is 608 g/mol. The molecule has 1 atom stereocenters. The number of carbonyl (C=O) groups is 2. The lowest BCUT2D eigenvalue weighted by molar-refractivity contribution is -0.139. The van der Waals surface area contributed by atoms with E-state index in [4.69, 9.17) is 0 Å². The number of hydrogen-bond donors (Lipinski definition) is 1. The van der Waals surface area contributed by atoms with Crippen molar-refractivity contribution in [3.8, 4) is 0 Å². The van der Waals surface area contributed by atoms with Crippen LogP contribution in [0.4, 0.5) is 10.1 Å². The Morgan fingerprint density at radius 2 is 1.53 bits per heavy atom. The van der Waals surface area contributed by atoms with Crippen molar-refractivity contribution < 1.29 is 22.4 Å². The molecule has 4 rings (SSSR count). The Labute approximate surface area is 255 Å². The second kappa shape index (κ2) is 14.2. The van der Waals surface area contributed by atoms with Crippen molar-refractivity contribution in [1.29, 1.82) is 0 Å². The van der Waals surface area contributed by atoms with Crippen LogP contribution in [0.5, 0.6) is 0 Å². The van der Waals surface area contributed by atoms with E-state index in [9.17, 15) is 22.4 Å². The summed E-state index contributed by atoms with van der Waals surface area (Å²) in [6, 6.07) is 18.7. The minimum absolute atomic E-state index is 0.0204. The van der Waals surface area contributed by atoms with Crippen LogP contribution in [0.15, 0.2) is 77.7 Å². The predicted molar refractivity (Wildman–Crippen MR) is 168 cm³/mol. The zero-order chi connectivity index (χ0) is 31.1. The molecule has 0 heterocycles. The Morgan fingerprint density at radius 3 is 2.14 bits per heavy atom. The minimum Gasteiger partial charge on any atom is -0.352 e. The fourth-order valence-corrected chi connectivity index (χ4v) is 6.77. The third kappa shape index (κ3) is 8.02. The average Bonchev–Trinajstić information content (AvgIpc) is 2.99. The first-order valence-corrected chi connectivity index (χ1v) is 16.4. The normalized spacial score (nSPS) is 14.7. The number of benzene rings is 3. The van der Waals surface area contributed by atoms with E-state index in [2.05, 4.69) is 5.32 Å². The van der Waals surface area contributed by atoms with Gasteiger partial charge in [-0.05, 0) is 68.5 Å². The van der Waals surface area contributed by atoms with Crippen molar-refractivity contribution in [2.75, 3.05) is 10.8 Å². The van der Waals surface area contributed by atoms with Gasteiger partial charge in [0.25, 0.3) is 10.0 Å². The molecule has 0 spiro atoms. The van der Waals surface area contributed by atoms with E-state index in [1.54, 1.807) is 49.4 Å².